The molecule has 2 amide bonds. The molecular weight excluding hydrogens is 269 g/mol. The SMILES string of the molecule is CCOC(=O)N1CCC2(CC1)C(=O)N(CO)CN2P. The van der Waals surface area contributed by atoms with Crippen molar-refractivity contribution in [3.63, 3.8) is 0 Å². The number of hydrogen-bond acceptors (Lipinski definition) is 5. The van der Waals surface area contributed by atoms with Gasteiger partial charge in [-0.2, -0.15) is 0 Å². The maximum Gasteiger partial charge on any atom is 0.409 e. The minimum Gasteiger partial charge on any atom is -0.450 e. The lowest BCUT2D eigenvalue weighted by atomic mass is 9.87. The third-order valence-corrected chi connectivity index (χ3v) is 4.50. The normalized spacial score (nSPS) is 23.2. The molecule has 2 aliphatic heterocycles. The monoisotopic (exact) mass is 289 g/mol. The van der Waals surface area contributed by atoms with Crippen LogP contribution in [0.1, 0.15) is 19.8 Å². The Morgan fingerprint density at radius 3 is 2.58 bits per heavy atom. The van der Waals surface area contributed by atoms with Crippen LogP contribution in [-0.2, 0) is 9.53 Å². The summed E-state index contributed by atoms with van der Waals surface area (Å²) >= 11 is 0. The zero-order valence-electron chi connectivity index (χ0n) is 11.0. The smallest absolute Gasteiger partial charge is 0.409 e. The largest absolute Gasteiger partial charge is 0.450 e. The van der Waals surface area contributed by atoms with Crippen molar-refractivity contribution in [3.05, 3.63) is 0 Å². The third-order valence-electron chi connectivity index (χ3n) is 3.85. The van der Waals surface area contributed by atoms with E-state index in [1.807, 2.05) is 4.67 Å². The number of carbonyl (C=O) groups is 2. The molecule has 2 saturated heterocycles. The summed E-state index contributed by atoms with van der Waals surface area (Å²) in [5, 5.41) is 9.16. The number of ether oxygens (including phenoxy) is 1. The highest BCUT2D eigenvalue weighted by molar-refractivity contribution is 7.13. The van der Waals surface area contributed by atoms with Crippen LogP contribution in [0.3, 0.4) is 0 Å². The highest BCUT2D eigenvalue weighted by atomic mass is 31.0. The van der Waals surface area contributed by atoms with E-state index in [9.17, 15) is 9.59 Å². The van der Waals surface area contributed by atoms with Gasteiger partial charge in [0.1, 0.15) is 12.3 Å². The van der Waals surface area contributed by atoms with Crippen molar-refractivity contribution in [3.8, 4) is 0 Å². The molecule has 2 fully saturated rings. The van der Waals surface area contributed by atoms with Crippen LogP contribution in [0.25, 0.3) is 0 Å². The average Bonchev–Trinajstić information content (AvgIpc) is 2.65. The van der Waals surface area contributed by atoms with Crippen molar-refractivity contribution < 1.29 is 19.4 Å². The lowest BCUT2D eigenvalue weighted by Crippen LogP contribution is -2.54. The molecule has 0 saturated carbocycles. The number of amides is 2. The highest BCUT2D eigenvalue weighted by Gasteiger charge is 2.52. The van der Waals surface area contributed by atoms with Gasteiger partial charge in [0.05, 0.1) is 13.3 Å². The van der Waals surface area contributed by atoms with E-state index in [-0.39, 0.29) is 18.7 Å². The lowest BCUT2D eigenvalue weighted by Gasteiger charge is -2.40. The second kappa shape index (κ2) is 5.61. The number of nitrogens with zero attached hydrogens (tertiary/aromatic N) is 3. The maximum absolute atomic E-state index is 12.3. The first-order valence-electron chi connectivity index (χ1n) is 6.39. The molecule has 2 aliphatic rings. The molecule has 1 spiro atoms. The summed E-state index contributed by atoms with van der Waals surface area (Å²) in [4.78, 5) is 27.0. The molecule has 0 aromatic rings. The zero-order valence-corrected chi connectivity index (χ0v) is 12.2. The minimum absolute atomic E-state index is 0.0616. The molecular formula is C11H20N3O4P. The fraction of sp³-hybridized carbons (Fsp3) is 0.818. The van der Waals surface area contributed by atoms with Crippen molar-refractivity contribution in [1.29, 1.82) is 0 Å². The number of carbonyl (C=O) groups excluding carboxylic acids is 2. The van der Waals surface area contributed by atoms with Crippen LogP contribution >= 0.6 is 9.39 Å². The fourth-order valence-corrected chi connectivity index (χ4v) is 3.25. The van der Waals surface area contributed by atoms with E-state index in [2.05, 4.69) is 9.39 Å². The van der Waals surface area contributed by atoms with E-state index in [4.69, 9.17) is 9.84 Å². The Morgan fingerprint density at radius 1 is 1.47 bits per heavy atom. The number of hydrogen-bond donors (Lipinski definition) is 1. The first-order chi connectivity index (χ1) is 9.05. The van der Waals surface area contributed by atoms with Crippen molar-refractivity contribution in [2.45, 2.75) is 25.3 Å². The van der Waals surface area contributed by atoms with Crippen LogP contribution in [-0.4, -0.2) is 70.2 Å². The molecule has 0 aromatic heterocycles. The summed E-state index contributed by atoms with van der Waals surface area (Å²) in [7, 11) is 2.55. The van der Waals surface area contributed by atoms with Gasteiger partial charge in [-0.05, 0) is 19.8 Å². The fourth-order valence-electron chi connectivity index (χ4n) is 2.68. The van der Waals surface area contributed by atoms with E-state index in [1.54, 1.807) is 11.8 Å². The van der Waals surface area contributed by atoms with Crippen LogP contribution in [0, 0.1) is 0 Å². The molecule has 1 unspecified atom stereocenters. The molecule has 2 rings (SSSR count). The van der Waals surface area contributed by atoms with Crippen molar-refractivity contribution in [2.75, 3.05) is 33.1 Å². The van der Waals surface area contributed by atoms with Gasteiger partial charge < -0.3 is 19.6 Å². The van der Waals surface area contributed by atoms with E-state index in [0.29, 0.717) is 39.2 Å². The molecule has 0 aromatic carbocycles. The Labute approximate surface area is 114 Å². The minimum atomic E-state index is -0.601. The number of piperidine rings is 1. The third kappa shape index (κ3) is 2.42. The van der Waals surface area contributed by atoms with Crippen LogP contribution in [0.15, 0.2) is 0 Å². The molecule has 7 nitrogen and oxygen atoms in total. The second-order valence-corrected chi connectivity index (χ2v) is 5.44. The molecule has 8 heteroatoms. The Balaban J connectivity index is 2.02. The van der Waals surface area contributed by atoms with Gasteiger partial charge >= 0.3 is 6.09 Å². The molecule has 108 valence electrons. The number of aliphatic hydroxyl groups is 1. The summed E-state index contributed by atoms with van der Waals surface area (Å²) in [5.74, 6) is -0.0616. The molecule has 1 N–H and O–H groups in total. The second-order valence-electron chi connectivity index (χ2n) is 4.82. The molecule has 2 heterocycles. The summed E-state index contributed by atoms with van der Waals surface area (Å²) in [6, 6.07) is 0. The van der Waals surface area contributed by atoms with E-state index in [1.165, 1.54) is 4.90 Å². The Kier molecular flexibility index (Phi) is 4.28. The highest BCUT2D eigenvalue weighted by Crippen LogP contribution is 2.38. The number of rotatable bonds is 2. The Hall–Kier alpha value is -0.910. The van der Waals surface area contributed by atoms with Crippen molar-refractivity contribution in [2.24, 2.45) is 0 Å². The summed E-state index contributed by atoms with van der Waals surface area (Å²) in [6.07, 6.45) is 0.798. The first-order valence-corrected chi connectivity index (χ1v) is 6.91. The van der Waals surface area contributed by atoms with Crippen molar-refractivity contribution in [1.82, 2.24) is 14.5 Å². The standard InChI is InChI=1S/C11H20N3O4P/c1-2-18-10(17)12-5-3-11(4-6-12)9(16)13(8-15)7-14(11)19/h15H,2-8,19H2,1H3. The molecule has 0 aliphatic carbocycles. The number of likely N-dealkylation sites (tertiary alicyclic amines) is 1. The quantitative estimate of drug-likeness (QED) is 0.714. The predicted octanol–water partition coefficient (Wildman–Crippen LogP) is -0.181. The molecule has 0 bridgehead atoms. The van der Waals surface area contributed by atoms with Gasteiger partial charge in [0, 0.05) is 13.1 Å². The van der Waals surface area contributed by atoms with Gasteiger partial charge in [-0.3, -0.25) is 9.46 Å². The lowest BCUT2D eigenvalue weighted by molar-refractivity contribution is -0.137. The van der Waals surface area contributed by atoms with Crippen LogP contribution in [0.4, 0.5) is 4.79 Å². The van der Waals surface area contributed by atoms with Gasteiger partial charge in [-0.25, -0.2) is 4.79 Å². The number of aliphatic hydroxyl groups excluding tert-OH is 1. The zero-order chi connectivity index (χ0) is 14.0. The van der Waals surface area contributed by atoms with E-state index < -0.39 is 5.54 Å². The molecule has 19 heavy (non-hydrogen) atoms. The van der Waals surface area contributed by atoms with E-state index in [0.717, 1.165) is 0 Å². The maximum atomic E-state index is 12.3. The molecule has 1 atom stereocenters. The first kappa shape index (κ1) is 14.5. The van der Waals surface area contributed by atoms with Gasteiger partial charge in [0.15, 0.2) is 0 Å². The van der Waals surface area contributed by atoms with Crippen LogP contribution < -0.4 is 0 Å². The van der Waals surface area contributed by atoms with E-state index >= 15 is 0 Å². The van der Waals surface area contributed by atoms with Gasteiger partial charge in [-0.1, -0.05) is 9.39 Å². The van der Waals surface area contributed by atoms with Gasteiger partial charge in [0.25, 0.3) is 0 Å². The topological polar surface area (TPSA) is 73.3 Å². The Bertz CT molecular complexity index is 371. The van der Waals surface area contributed by atoms with Crippen molar-refractivity contribution >= 4 is 21.4 Å². The molecule has 0 radical (unpaired) electrons. The predicted molar refractivity (Wildman–Crippen MR) is 70.9 cm³/mol. The Morgan fingerprint density at radius 2 is 2.11 bits per heavy atom. The summed E-state index contributed by atoms with van der Waals surface area (Å²) in [5.41, 5.74) is -0.601. The van der Waals surface area contributed by atoms with Crippen LogP contribution in [0.2, 0.25) is 0 Å². The average molecular weight is 289 g/mol. The van der Waals surface area contributed by atoms with Gasteiger partial charge in [-0.15, -0.1) is 0 Å². The summed E-state index contributed by atoms with van der Waals surface area (Å²) in [6.45, 7) is 3.25. The summed E-state index contributed by atoms with van der Waals surface area (Å²) < 4.78 is 6.84. The van der Waals surface area contributed by atoms with Crippen LogP contribution in [0.5, 0.6) is 0 Å². The van der Waals surface area contributed by atoms with Gasteiger partial charge in [0.2, 0.25) is 5.91 Å².